The van der Waals surface area contributed by atoms with Crippen LogP contribution >= 0.6 is 0 Å². The first kappa shape index (κ1) is 13.0. The first-order valence-corrected chi connectivity index (χ1v) is 6.56. The summed E-state index contributed by atoms with van der Waals surface area (Å²) < 4.78 is 0. The predicted octanol–water partition coefficient (Wildman–Crippen LogP) is 2.63. The maximum atomic E-state index is 5.74. The molecule has 1 aliphatic rings. The van der Waals surface area contributed by atoms with Crippen LogP contribution in [0.4, 0.5) is 0 Å². The summed E-state index contributed by atoms with van der Waals surface area (Å²) in [5.41, 5.74) is 6.08. The van der Waals surface area contributed by atoms with E-state index in [2.05, 4.69) is 18.7 Å². The summed E-state index contributed by atoms with van der Waals surface area (Å²) in [6.45, 7) is 9.29. The highest BCUT2D eigenvalue weighted by Crippen LogP contribution is 2.20. The molecule has 0 spiro atoms. The third-order valence-corrected chi connectivity index (χ3v) is 3.58. The summed E-state index contributed by atoms with van der Waals surface area (Å²) in [5, 5.41) is 0. The lowest BCUT2D eigenvalue weighted by molar-refractivity contribution is 0.250. The van der Waals surface area contributed by atoms with Crippen LogP contribution < -0.4 is 5.73 Å². The highest BCUT2D eigenvalue weighted by Gasteiger charge is 2.16. The smallest absolute Gasteiger partial charge is 0.00185 e. The Morgan fingerprint density at radius 2 is 1.67 bits per heavy atom. The molecule has 0 aliphatic carbocycles. The Balaban J connectivity index is 2.13. The zero-order valence-corrected chi connectivity index (χ0v) is 10.6. The van der Waals surface area contributed by atoms with Crippen molar-refractivity contribution in [3.05, 3.63) is 0 Å². The van der Waals surface area contributed by atoms with Crippen molar-refractivity contribution in [2.75, 3.05) is 26.2 Å². The summed E-state index contributed by atoms with van der Waals surface area (Å²) >= 11 is 0. The van der Waals surface area contributed by atoms with Crippen molar-refractivity contribution in [1.82, 2.24) is 4.90 Å². The van der Waals surface area contributed by atoms with Gasteiger partial charge in [0.2, 0.25) is 0 Å². The summed E-state index contributed by atoms with van der Waals surface area (Å²) in [5.74, 6) is 0. The Kier molecular flexibility index (Phi) is 5.62. The van der Waals surface area contributed by atoms with E-state index < -0.39 is 0 Å². The van der Waals surface area contributed by atoms with Gasteiger partial charge < -0.3 is 10.6 Å². The van der Waals surface area contributed by atoms with E-state index in [-0.39, 0.29) is 0 Å². The van der Waals surface area contributed by atoms with E-state index in [0.717, 1.165) is 6.54 Å². The van der Waals surface area contributed by atoms with E-state index in [4.69, 9.17) is 5.73 Å². The van der Waals surface area contributed by atoms with Gasteiger partial charge in [-0.15, -0.1) is 0 Å². The van der Waals surface area contributed by atoms with Crippen LogP contribution in [0.3, 0.4) is 0 Å². The predicted molar refractivity (Wildman–Crippen MR) is 67.0 cm³/mol. The highest BCUT2D eigenvalue weighted by atomic mass is 15.1. The van der Waals surface area contributed by atoms with Gasteiger partial charge in [-0.1, -0.05) is 26.7 Å². The normalized spacial score (nSPS) is 20.2. The van der Waals surface area contributed by atoms with Gasteiger partial charge in [0.25, 0.3) is 0 Å². The monoisotopic (exact) mass is 212 g/mol. The maximum Gasteiger partial charge on any atom is -0.00185 e. The molecule has 1 heterocycles. The van der Waals surface area contributed by atoms with E-state index in [0.29, 0.717) is 5.41 Å². The topological polar surface area (TPSA) is 29.3 Å². The SMILES string of the molecule is CC(C)(CN)CCCN1CCCCCC1. The first-order valence-electron chi connectivity index (χ1n) is 6.56. The molecule has 0 bridgehead atoms. The number of nitrogens with two attached hydrogens (primary N) is 1. The number of hydrogen-bond donors (Lipinski definition) is 1. The molecule has 0 saturated carbocycles. The van der Waals surface area contributed by atoms with Crippen molar-refractivity contribution in [3.8, 4) is 0 Å². The number of likely N-dealkylation sites (tertiary alicyclic amines) is 1. The molecule has 0 atom stereocenters. The second-order valence-corrected chi connectivity index (χ2v) is 5.73. The van der Waals surface area contributed by atoms with E-state index in [9.17, 15) is 0 Å². The van der Waals surface area contributed by atoms with Gasteiger partial charge in [-0.05, 0) is 57.3 Å². The van der Waals surface area contributed by atoms with Gasteiger partial charge in [0, 0.05) is 0 Å². The third kappa shape index (κ3) is 5.53. The summed E-state index contributed by atoms with van der Waals surface area (Å²) in [6, 6.07) is 0. The summed E-state index contributed by atoms with van der Waals surface area (Å²) in [6.07, 6.45) is 8.25. The molecule has 15 heavy (non-hydrogen) atoms. The number of rotatable bonds is 5. The van der Waals surface area contributed by atoms with Crippen molar-refractivity contribution in [1.29, 1.82) is 0 Å². The van der Waals surface area contributed by atoms with Crippen LogP contribution in [0.15, 0.2) is 0 Å². The van der Waals surface area contributed by atoms with Crippen molar-refractivity contribution >= 4 is 0 Å². The van der Waals surface area contributed by atoms with Crippen LogP contribution in [0, 0.1) is 5.41 Å². The fourth-order valence-electron chi connectivity index (χ4n) is 2.24. The summed E-state index contributed by atoms with van der Waals surface area (Å²) in [4.78, 5) is 2.64. The lowest BCUT2D eigenvalue weighted by Gasteiger charge is -2.25. The molecule has 0 aromatic carbocycles. The van der Waals surface area contributed by atoms with Gasteiger partial charge in [0.1, 0.15) is 0 Å². The van der Waals surface area contributed by atoms with E-state index in [1.807, 2.05) is 0 Å². The Morgan fingerprint density at radius 3 is 2.20 bits per heavy atom. The minimum atomic E-state index is 0.339. The second kappa shape index (κ2) is 6.49. The van der Waals surface area contributed by atoms with Gasteiger partial charge in [-0.3, -0.25) is 0 Å². The molecule has 1 fully saturated rings. The minimum Gasteiger partial charge on any atom is -0.330 e. The van der Waals surface area contributed by atoms with Gasteiger partial charge in [-0.2, -0.15) is 0 Å². The molecule has 0 amide bonds. The molecule has 0 aromatic heterocycles. The van der Waals surface area contributed by atoms with Gasteiger partial charge >= 0.3 is 0 Å². The van der Waals surface area contributed by atoms with Crippen LogP contribution in [-0.4, -0.2) is 31.1 Å². The molecule has 0 unspecified atom stereocenters. The largest absolute Gasteiger partial charge is 0.330 e. The summed E-state index contributed by atoms with van der Waals surface area (Å²) in [7, 11) is 0. The highest BCUT2D eigenvalue weighted by molar-refractivity contribution is 4.71. The maximum absolute atomic E-state index is 5.74. The van der Waals surface area contributed by atoms with Crippen LogP contribution in [0.25, 0.3) is 0 Å². The molecule has 2 nitrogen and oxygen atoms in total. The van der Waals surface area contributed by atoms with Crippen molar-refractivity contribution in [2.45, 2.75) is 52.4 Å². The quantitative estimate of drug-likeness (QED) is 0.759. The van der Waals surface area contributed by atoms with Gasteiger partial charge in [0.15, 0.2) is 0 Å². The molecule has 1 saturated heterocycles. The molecule has 0 aromatic rings. The van der Waals surface area contributed by atoms with Crippen molar-refractivity contribution in [3.63, 3.8) is 0 Å². The molecule has 0 radical (unpaired) electrons. The molecule has 90 valence electrons. The van der Waals surface area contributed by atoms with E-state index in [1.54, 1.807) is 0 Å². The minimum absolute atomic E-state index is 0.339. The van der Waals surface area contributed by atoms with Crippen LogP contribution in [0.5, 0.6) is 0 Å². The van der Waals surface area contributed by atoms with Gasteiger partial charge in [0.05, 0.1) is 0 Å². The fourth-order valence-corrected chi connectivity index (χ4v) is 2.24. The van der Waals surface area contributed by atoms with Crippen LogP contribution in [0.2, 0.25) is 0 Å². The third-order valence-electron chi connectivity index (χ3n) is 3.58. The average molecular weight is 212 g/mol. The fraction of sp³-hybridized carbons (Fsp3) is 1.00. The lowest BCUT2D eigenvalue weighted by Crippen LogP contribution is -2.28. The zero-order chi connectivity index (χ0) is 11.1. The average Bonchev–Trinajstić information content (AvgIpc) is 2.46. The first-order chi connectivity index (χ1) is 7.14. The van der Waals surface area contributed by atoms with Crippen LogP contribution in [0.1, 0.15) is 52.4 Å². The molecule has 1 rings (SSSR count). The lowest BCUT2D eigenvalue weighted by atomic mass is 9.88. The number of nitrogens with zero attached hydrogens (tertiary/aromatic N) is 1. The molecule has 2 N–H and O–H groups in total. The second-order valence-electron chi connectivity index (χ2n) is 5.73. The zero-order valence-electron chi connectivity index (χ0n) is 10.6. The molecule has 1 aliphatic heterocycles. The van der Waals surface area contributed by atoms with E-state index >= 15 is 0 Å². The standard InChI is InChI=1S/C13H28N2/c1-13(2,12-14)8-7-11-15-9-5-3-4-6-10-15/h3-12,14H2,1-2H3. The van der Waals surface area contributed by atoms with Crippen molar-refractivity contribution < 1.29 is 0 Å². The Labute approximate surface area is 95.2 Å². The Hall–Kier alpha value is -0.0800. The molecule has 2 heteroatoms. The Morgan fingerprint density at radius 1 is 1.07 bits per heavy atom. The van der Waals surface area contributed by atoms with Crippen molar-refractivity contribution in [2.24, 2.45) is 11.1 Å². The van der Waals surface area contributed by atoms with E-state index in [1.165, 1.54) is 58.2 Å². The van der Waals surface area contributed by atoms with Crippen LogP contribution in [-0.2, 0) is 0 Å². The molecular weight excluding hydrogens is 184 g/mol. The number of hydrogen-bond acceptors (Lipinski definition) is 2. The molecular formula is C13H28N2. The van der Waals surface area contributed by atoms with Gasteiger partial charge in [-0.25, -0.2) is 0 Å². The Bertz CT molecular complexity index is 158.